The molecule has 1 amide bonds. The molecule has 0 aromatic rings. The quantitative estimate of drug-likeness (QED) is 0.751. The Kier molecular flexibility index (Phi) is 3.99. The number of amides is 1. The average Bonchev–Trinajstić information content (AvgIpc) is 2.33. The van der Waals surface area contributed by atoms with Gasteiger partial charge in [-0.05, 0) is 18.8 Å². The third-order valence-electron chi connectivity index (χ3n) is 3.81. The molecular formula is C12H20N2O3. The van der Waals surface area contributed by atoms with Gasteiger partial charge in [-0.1, -0.05) is 19.3 Å². The maximum absolute atomic E-state index is 11.8. The molecule has 1 saturated carbocycles. The van der Waals surface area contributed by atoms with Crippen LogP contribution in [-0.4, -0.2) is 47.6 Å². The van der Waals surface area contributed by atoms with Gasteiger partial charge in [0.25, 0.3) is 0 Å². The summed E-state index contributed by atoms with van der Waals surface area (Å²) >= 11 is 0. The Labute approximate surface area is 101 Å². The number of nitrogens with zero attached hydrogens (tertiary/aromatic N) is 1. The Morgan fingerprint density at radius 3 is 2.65 bits per heavy atom. The minimum atomic E-state index is -0.841. The molecule has 1 aliphatic heterocycles. The van der Waals surface area contributed by atoms with Crippen LogP contribution in [0.3, 0.4) is 0 Å². The number of aliphatic carboxylic acids is 1. The summed E-state index contributed by atoms with van der Waals surface area (Å²) in [5.74, 6) is -0.773. The fraction of sp³-hybridized carbons (Fsp3) is 0.833. The van der Waals surface area contributed by atoms with E-state index >= 15 is 0 Å². The van der Waals surface area contributed by atoms with Crippen LogP contribution in [0.1, 0.15) is 32.1 Å². The van der Waals surface area contributed by atoms with Crippen molar-refractivity contribution in [1.29, 1.82) is 0 Å². The molecule has 0 aromatic carbocycles. The summed E-state index contributed by atoms with van der Waals surface area (Å²) in [6, 6.07) is -0.607. The molecule has 1 saturated heterocycles. The van der Waals surface area contributed by atoms with E-state index in [0.29, 0.717) is 13.1 Å². The number of carbonyl (C=O) groups is 2. The van der Waals surface area contributed by atoms with Gasteiger partial charge in [0.15, 0.2) is 0 Å². The number of hydrogen-bond donors (Lipinski definition) is 2. The lowest BCUT2D eigenvalue weighted by atomic mass is 9.83. The molecule has 0 spiro atoms. The zero-order chi connectivity index (χ0) is 12.3. The Hall–Kier alpha value is -1.10. The minimum Gasteiger partial charge on any atom is -0.480 e. The highest BCUT2D eigenvalue weighted by atomic mass is 16.4. The highest BCUT2D eigenvalue weighted by Gasteiger charge is 2.37. The summed E-state index contributed by atoms with van der Waals surface area (Å²) < 4.78 is 0. The number of hydrogen-bond acceptors (Lipinski definition) is 3. The number of rotatable bonds is 3. The predicted molar refractivity (Wildman–Crippen MR) is 62.6 cm³/mol. The van der Waals surface area contributed by atoms with Crippen LogP contribution in [0.2, 0.25) is 0 Å². The molecule has 1 atom stereocenters. The molecule has 96 valence electrons. The zero-order valence-corrected chi connectivity index (χ0v) is 10.0. The highest BCUT2D eigenvalue weighted by molar-refractivity contribution is 5.85. The van der Waals surface area contributed by atoms with E-state index in [1.807, 2.05) is 0 Å². The third-order valence-corrected chi connectivity index (χ3v) is 3.81. The first-order chi connectivity index (χ1) is 8.20. The summed E-state index contributed by atoms with van der Waals surface area (Å²) in [5, 5.41) is 12.4. The van der Waals surface area contributed by atoms with Crippen molar-refractivity contribution in [2.75, 3.05) is 19.6 Å². The van der Waals surface area contributed by atoms with Gasteiger partial charge in [0.05, 0.1) is 6.54 Å². The van der Waals surface area contributed by atoms with Crippen molar-refractivity contribution in [1.82, 2.24) is 10.2 Å². The van der Waals surface area contributed by atoms with E-state index in [1.165, 1.54) is 6.42 Å². The molecule has 0 aromatic heterocycles. The van der Waals surface area contributed by atoms with E-state index in [-0.39, 0.29) is 18.4 Å². The fourth-order valence-electron chi connectivity index (χ4n) is 2.95. The number of nitrogens with one attached hydrogen (secondary N) is 1. The first kappa shape index (κ1) is 12.4. The van der Waals surface area contributed by atoms with Gasteiger partial charge >= 0.3 is 5.97 Å². The van der Waals surface area contributed by atoms with E-state index in [4.69, 9.17) is 0 Å². The van der Waals surface area contributed by atoms with E-state index in [2.05, 4.69) is 5.32 Å². The molecule has 17 heavy (non-hydrogen) atoms. The molecule has 0 bridgehead atoms. The van der Waals surface area contributed by atoms with Crippen molar-refractivity contribution in [3.05, 3.63) is 0 Å². The number of piperazine rings is 1. The van der Waals surface area contributed by atoms with E-state index in [0.717, 1.165) is 25.7 Å². The van der Waals surface area contributed by atoms with Crippen LogP contribution >= 0.6 is 0 Å². The molecule has 2 fully saturated rings. The monoisotopic (exact) mass is 240 g/mol. The first-order valence-corrected chi connectivity index (χ1v) is 6.43. The second-order valence-corrected chi connectivity index (χ2v) is 4.95. The predicted octanol–water partition coefficient (Wildman–Crippen LogP) is 0.452. The lowest BCUT2D eigenvalue weighted by Gasteiger charge is -2.38. The highest BCUT2D eigenvalue weighted by Crippen LogP contribution is 2.29. The Balaban J connectivity index is 2.09. The third kappa shape index (κ3) is 2.77. The Bertz CT molecular complexity index is 300. The van der Waals surface area contributed by atoms with Crippen molar-refractivity contribution in [3.8, 4) is 0 Å². The molecule has 1 heterocycles. The van der Waals surface area contributed by atoms with Gasteiger partial charge < -0.3 is 15.3 Å². The number of carboxylic acid groups (broad SMARTS) is 1. The van der Waals surface area contributed by atoms with Gasteiger partial charge in [0, 0.05) is 13.1 Å². The van der Waals surface area contributed by atoms with Crippen LogP contribution in [0.4, 0.5) is 0 Å². The van der Waals surface area contributed by atoms with Crippen molar-refractivity contribution < 1.29 is 14.7 Å². The summed E-state index contributed by atoms with van der Waals surface area (Å²) in [6.45, 7) is 1.49. The Morgan fingerprint density at radius 2 is 2.06 bits per heavy atom. The molecule has 2 rings (SSSR count). The maximum atomic E-state index is 11.8. The van der Waals surface area contributed by atoms with Crippen LogP contribution in [-0.2, 0) is 9.59 Å². The van der Waals surface area contributed by atoms with Crippen molar-refractivity contribution in [2.24, 2.45) is 5.92 Å². The first-order valence-electron chi connectivity index (χ1n) is 6.43. The lowest BCUT2D eigenvalue weighted by Crippen LogP contribution is -2.57. The van der Waals surface area contributed by atoms with Gasteiger partial charge in [-0.2, -0.15) is 0 Å². The fourth-order valence-corrected chi connectivity index (χ4v) is 2.95. The van der Waals surface area contributed by atoms with Crippen LogP contribution in [0.5, 0.6) is 0 Å². The average molecular weight is 240 g/mol. The topological polar surface area (TPSA) is 69.6 Å². The smallest absolute Gasteiger partial charge is 0.326 e. The van der Waals surface area contributed by atoms with Gasteiger partial charge in [-0.3, -0.25) is 4.79 Å². The van der Waals surface area contributed by atoms with Crippen LogP contribution < -0.4 is 5.32 Å². The lowest BCUT2D eigenvalue weighted by molar-refractivity contribution is -0.154. The standard InChI is InChI=1S/C12H20N2O3/c15-10-8-13-6-7-14(10)11(12(16)17)9-4-2-1-3-5-9/h9,11,13H,1-8H2,(H,16,17). The van der Waals surface area contributed by atoms with Gasteiger partial charge in [0.2, 0.25) is 5.91 Å². The summed E-state index contributed by atoms with van der Waals surface area (Å²) in [4.78, 5) is 24.8. The van der Waals surface area contributed by atoms with E-state index < -0.39 is 12.0 Å². The maximum Gasteiger partial charge on any atom is 0.326 e. The molecule has 1 unspecified atom stereocenters. The van der Waals surface area contributed by atoms with Gasteiger partial charge in [-0.15, -0.1) is 0 Å². The molecule has 2 aliphatic rings. The molecular weight excluding hydrogens is 220 g/mol. The van der Waals surface area contributed by atoms with Crippen molar-refractivity contribution >= 4 is 11.9 Å². The summed E-state index contributed by atoms with van der Waals surface area (Å²) in [7, 11) is 0. The minimum absolute atomic E-state index is 0.0748. The van der Waals surface area contributed by atoms with Gasteiger partial charge in [0.1, 0.15) is 6.04 Å². The second kappa shape index (κ2) is 5.49. The molecule has 1 aliphatic carbocycles. The SMILES string of the molecule is O=C(O)C(C1CCCCC1)N1CCNCC1=O. The Morgan fingerprint density at radius 1 is 1.35 bits per heavy atom. The molecule has 5 heteroatoms. The van der Waals surface area contributed by atoms with Crippen LogP contribution in [0.15, 0.2) is 0 Å². The van der Waals surface area contributed by atoms with Crippen molar-refractivity contribution in [3.63, 3.8) is 0 Å². The molecule has 0 radical (unpaired) electrons. The molecule has 5 nitrogen and oxygen atoms in total. The molecule has 2 N–H and O–H groups in total. The summed E-state index contributed by atoms with van der Waals surface area (Å²) in [5.41, 5.74) is 0. The zero-order valence-electron chi connectivity index (χ0n) is 10.0. The van der Waals surface area contributed by atoms with E-state index in [9.17, 15) is 14.7 Å². The largest absolute Gasteiger partial charge is 0.480 e. The number of carbonyl (C=O) groups excluding carboxylic acids is 1. The second-order valence-electron chi connectivity index (χ2n) is 4.95. The van der Waals surface area contributed by atoms with Gasteiger partial charge in [-0.25, -0.2) is 4.79 Å². The number of carboxylic acids is 1. The van der Waals surface area contributed by atoms with E-state index in [1.54, 1.807) is 4.90 Å². The normalized spacial score (nSPS) is 24.7. The van der Waals surface area contributed by atoms with Crippen LogP contribution in [0.25, 0.3) is 0 Å². The van der Waals surface area contributed by atoms with Crippen LogP contribution in [0, 0.1) is 5.92 Å². The summed E-state index contributed by atoms with van der Waals surface area (Å²) in [6.07, 6.45) is 5.25. The van der Waals surface area contributed by atoms with Crippen molar-refractivity contribution in [2.45, 2.75) is 38.1 Å².